The van der Waals surface area contributed by atoms with Crippen molar-refractivity contribution in [3.8, 4) is 0 Å². The minimum Gasteiger partial charge on any atom is -0.388 e. The standard InChI is InChI=1S/C12H22O5/c1-7-9(13)10(14)11(15)12(16-7)17-8-5-3-2-4-6-8/h7-15H,2-6H2,1H3/t7-,9-,10+,11+,12-/m0/s1. The van der Waals surface area contributed by atoms with Crippen LogP contribution in [0.3, 0.4) is 0 Å². The Balaban J connectivity index is 1.90. The van der Waals surface area contributed by atoms with E-state index in [1.165, 1.54) is 6.42 Å². The van der Waals surface area contributed by atoms with Crippen molar-refractivity contribution in [3.05, 3.63) is 0 Å². The van der Waals surface area contributed by atoms with Gasteiger partial charge in [0.15, 0.2) is 6.29 Å². The van der Waals surface area contributed by atoms with E-state index in [-0.39, 0.29) is 6.10 Å². The summed E-state index contributed by atoms with van der Waals surface area (Å²) in [6, 6.07) is 0. The molecule has 17 heavy (non-hydrogen) atoms. The first-order valence-corrected chi connectivity index (χ1v) is 6.44. The number of hydrogen-bond acceptors (Lipinski definition) is 5. The minimum atomic E-state index is -1.20. The molecule has 5 heteroatoms. The van der Waals surface area contributed by atoms with Gasteiger partial charge in [0.2, 0.25) is 0 Å². The molecule has 0 amide bonds. The van der Waals surface area contributed by atoms with Gasteiger partial charge in [0.1, 0.15) is 18.3 Å². The van der Waals surface area contributed by atoms with E-state index in [1.807, 2.05) is 0 Å². The minimum absolute atomic E-state index is 0.0954. The van der Waals surface area contributed by atoms with E-state index in [2.05, 4.69) is 0 Å². The van der Waals surface area contributed by atoms with Crippen molar-refractivity contribution in [1.82, 2.24) is 0 Å². The van der Waals surface area contributed by atoms with E-state index in [4.69, 9.17) is 9.47 Å². The average Bonchev–Trinajstić information content (AvgIpc) is 2.35. The zero-order valence-corrected chi connectivity index (χ0v) is 10.2. The van der Waals surface area contributed by atoms with Crippen molar-refractivity contribution in [2.75, 3.05) is 0 Å². The fraction of sp³-hybridized carbons (Fsp3) is 1.00. The molecule has 2 fully saturated rings. The molecule has 1 heterocycles. The van der Waals surface area contributed by atoms with Crippen LogP contribution < -0.4 is 0 Å². The fourth-order valence-electron chi connectivity index (χ4n) is 2.52. The third kappa shape index (κ3) is 2.98. The third-order valence-electron chi connectivity index (χ3n) is 3.69. The second-order valence-electron chi connectivity index (χ2n) is 5.08. The molecule has 2 rings (SSSR count). The van der Waals surface area contributed by atoms with Crippen LogP contribution in [0.4, 0.5) is 0 Å². The lowest BCUT2D eigenvalue weighted by atomic mass is 9.97. The number of aliphatic hydroxyl groups is 3. The molecular formula is C12H22O5. The number of aliphatic hydroxyl groups excluding tert-OH is 3. The van der Waals surface area contributed by atoms with Gasteiger partial charge in [0.25, 0.3) is 0 Å². The van der Waals surface area contributed by atoms with Crippen LogP contribution in [0.2, 0.25) is 0 Å². The van der Waals surface area contributed by atoms with E-state index >= 15 is 0 Å². The SMILES string of the molecule is C[C@@H]1O[C@@H](OC2CCCCC2)[C@H](O)[C@H](O)[C@H]1O. The highest BCUT2D eigenvalue weighted by atomic mass is 16.7. The van der Waals surface area contributed by atoms with Crippen LogP contribution >= 0.6 is 0 Å². The van der Waals surface area contributed by atoms with Crippen LogP contribution in [-0.2, 0) is 9.47 Å². The van der Waals surface area contributed by atoms with Crippen LogP contribution in [0.25, 0.3) is 0 Å². The van der Waals surface area contributed by atoms with Gasteiger partial charge in [-0.25, -0.2) is 0 Å². The van der Waals surface area contributed by atoms with Gasteiger partial charge in [-0.3, -0.25) is 0 Å². The lowest BCUT2D eigenvalue weighted by molar-refractivity contribution is -0.305. The molecular weight excluding hydrogens is 224 g/mol. The molecule has 1 saturated heterocycles. The lowest BCUT2D eigenvalue weighted by Crippen LogP contribution is -2.58. The first kappa shape index (κ1) is 13.2. The Bertz CT molecular complexity index is 241. The second kappa shape index (κ2) is 5.63. The molecule has 0 aromatic carbocycles. The molecule has 5 atom stereocenters. The Morgan fingerprint density at radius 3 is 2.24 bits per heavy atom. The van der Waals surface area contributed by atoms with E-state index in [0.717, 1.165) is 25.7 Å². The predicted molar refractivity (Wildman–Crippen MR) is 60.3 cm³/mol. The van der Waals surface area contributed by atoms with Crippen molar-refractivity contribution in [3.63, 3.8) is 0 Å². The van der Waals surface area contributed by atoms with Gasteiger partial charge in [-0.2, -0.15) is 0 Å². The summed E-state index contributed by atoms with van der Waals surface area (Å²) in [5.74, 6) is 0. The lowest BCUT2D eigenvalue weighted by Gasteiger charge is -2.40. The number of hydrogen-bond donors (Lipinski definition) is 3. The number of rotatable bonds is 2. The van der Waals surface area contributed by atoms with E-state index in [0.29, 0.717) is 0 Å². The zero-order valence-electron chi connectivity index (χ0n) is 10.2. The highest BCUT2D eigenvalue weighted by Gasteiger charge is 2.43. The molecule has 0 radical (unpaired) electrons. The summed E-state index contributed by atoms with van der Waals surface area (Å²) in [6.45, 7) is 1.66. The normalized spacial score (nSPS) is 44.8. The van der Waals surface area contributed by atoms with Crippen molar-refractivity contribution >= 4 is 0 Å². The Hall–Kier alpha value is -0.200. The van der Waals surface area contributed by atoms with Crippen LogP contribution in [0.15, 0.2) is 0 Å². The molecule has 0 bridgehead atoms. The summed E-state index contributed by atoms with van der Waals surface area (Å²) in [5.41, 5.74) is 0. The first-order chi connectivity index (χ1) is 8.09. The molecule has 100 valence electrons. The Morgan fingerprint density at radius 1 is 0.941 bits per heavy atom. The Labute approximate surface area is 101 Å². The topological polar surface area (TPSA) is 79.2 Å². The van der Waals surface area contributed by atoms with Gasteiger partial charge in [-0.15, -0.1) is 0 Å². The van der Waals surface area contributed by atoms with E-state index in [1.54, 1.807) is 6.92 Å². The first-order valence-electron chi connectivity index (χ1n) is 6.44. The molecule has 0 spiro atoms. The monoisotopic (exact) mass is 246 g/mol. The fourth-order valence-corrected chi connectivity index (χ4v) is 2.52. The average molecular weight is 246 g/mol. The van der Waals surface area contributed by atoms with Gasteiger partial charge in [-0.1, -0.05) is 19.3 Å². The molecule has 1 aliphatic heterocycles. The van der Waals surface area contributed by atoms with Gasteiger partial charge in [0.05, 0.1) is 12.2 Å². The molecule has 3 N–H and O–H groups in total. The second-order valence-corrected chi connectivity index (χ2v) is 5.08. The van der Waals surface area contributed by atoms with Gasteiger partial charge in [-0.05, 0) is 19.8 Å². The molecule has 0 unspecified atom stereocenters. The van der Waals surface area contributed by atoms with Gasteiger partial charge in [0, 0.05) is 0 Å². The van der Waals surface area contributed by atoms with Crippen molar-refractivity contribution in [2.24, 2.45) is 0 Å². The van der Waals surface area contributed by atoms with Gasteiger partial charge < -0.3 is 24.8 Å². The quantitative estimate of drug-likeness (QED) is 0.647. The van der Waals surface area contributed by atoms with Crippen molar-refractivity contribution in [2.45, 2.75) is 75.8 Å². The summed E-state index contributed by atoms with van der Waals surface area (Å²) in [6.07, 6.45) is 0.742. The van der Waals surface area contributed by atoms with Crippen molar-refractivity contribution < 1.29 is 24.8 Å². The number of ether oxygens (including phenoxy) is 2. The van der Waals surface area contributed by atoms with Crippen LogP contribution in [-0.4, -0.2) is 52.1 Å². The summed E-state index contributed by atoms with van der Waals surface area (Å²) in [4.78, 5) is 0. The van der Waals surface area contributed by atoms with Gasteiger partial charge >= 0.3 is 0 Å². The highest BCUT2D eigenvalue weighted by Crippen LogP contribution is 2.27. The molecule has 0 aromatic rings. The molecule has 0 aromatic heterocycles. The van der Waals surface area contributed by atoms with E-state index < -0.39 is 30.7 Å². The van der Waals surface area contributed by atoms with Crippen LogP contribution in [0, 0.1) is 0 Å². The third-order valence-corrected chi connectivity index (χ3v) is 3.69. The molecule has 2 aliphatic rings. The predicted octanol–water partition coefficient (Wildman–Crippen LogP) is 0.163. The highest BCUT2D eigenvalue weighted by molar-refractivity contribution is 4.87. The van der Waals surface area contributed by atoms with E-state index in [9.17, 15) is 15.3 Å². The smallest absolute Gasteiger partial charge is 0.186 e. The zero-order chi connectivity index (χ0) is 12.4. The largest absolute Gasteiger partial charge is 0.388 e. The van der Waals surface area contributed by atoms with Crippen LogP contribution in [0.5, 0.6) is 0 Å². The maximum absolute atomic E-state index is 9.80. The summed E-state index contributed by atoms with van der Waals surface area (Å²) >= 11 is 0. The Morgan fingerprint density at radius 2 is 1.59 bits per heavy atom. The maximum Gasteiger partial charge on any atom is 0.186 e. The maximum atomic E-state index is 9.80. The summed E-state index contributed by atoms with van der Waals surface area (Å²) in [7, 11) is 0. The van der Waals surface area contributed by atoms with Crippen LogP contribution in [0.1, 0.15) is 39.0 Å². The molecule has 5 nitrogen and oxygen atoms in total. The Kier molecular flexibility index (Phi) is 4.38. The molecule has 1 saturated carbocycles. The van der Waals surface area contributed by atoms with Crippen molar-refractivity contribution in [1.29, 1.82) is 0 Å². The summed E-state index contributed by atoms with van der Waals surface area (Å²) in [5, 5.41) is 29.0. The summed E-state index contributed by atoms with van der Waals surface area (Å²) < 4.78 is 11.1. The molecule has 1 aliphatic carbocycles.